The van der Waals surface area contributed by atoms with Crippen molar-refractivity contribution < 1.29 is 13.2 Å². The van der Waals surface area contributed by atoms with Crippen LogP contribution in [0.4, 0.5) is 19.0 Å². The van der Waals surface area contributed by atoms with Crippen LogP contribution >= 0.6 is 0 Å². The molecule has 0 aliphatic heterocycles. The van der Waals surface area contributed by atoms with Crippen molar-refractivity contribution >= 4 is 5.82 Å². The summed E-state index contributed by atoms with van der Waals surface area (Å²) in [6.45, 7) is 4.51. The van der Waals surface area contributed by atoms with Crippen molar-refractivity contribution in [2.45, 2.75) is 39.0 Å². The van der Waals surface area contributed by atoms with Crippen LogP contribution in [0.1, 0.15) is 26.0 Å². The van der Waals surface area contributed by atoms with Gasteiger partial charge in [0.2, 0.25) is 0 Å². The maximum Gasteiger partial charge on any atom is 0.390 e. The molecule has 0 aliphatic rings. The van der Waals surface area contributed by atoms with Gasteiger partial charge in [0.1, 0.15) is 5.82 Å². The van der Waals surface area contributed by atoms with Gasteiger partial charge in [-0.2, -0.15) is 13.2 Å². The highest BCUT2D eigenvalue weighted by atomic mass is 19.4. The lowest BCUT2D eigenvalue weighted by atomic mass is 10.3. The van der Waals surface area contributed by atoms with Crippen molar-refractivity contribution in [2.75, 3.05) is 18.5 Å². The van der Waals surface area contributed by atoms with Gasteiger partial charge in [-0.3, -0.25) is 4.98 Å². The van der Waals surface area contributed by atoms with Crippen LogP contribution < -0.4 is 10.2 Å². The monoisotopic (exact) mass is 276 g/mol. The van der Waals surface area contributed by atoms with Gasteiger partial charge in [-0.25, -0.2) is 4.98 Å². The van der Waals surface area contributed by atoms with Gasteiger partial charge >= 0.3 is 6.18 Å². The van der Waals surface area contributed by atoms with Gasteiger partial charge in [-0.15, -0.1) is 0 Å². The zero-order valence-corrected chi connectivity index (χ0v) is 11.3. The summed E-state index contributed by atoms with van der Waals surface area (Å²) in [7, 11) is 1.57. The van der Waals surface area contributed by atoms with E-state index in [9.17, 15) is 13.2 Å². The van der Waals surface area contributed by atoms with Crippen LogP contribution in [0, 0.1) is 0 Å². The Morgan fingerprint density at radius 2 is 1.95 bits per heavy atom. The molecule has 1 N–H and O–H groups in total. The van der Waals surface area contributed by atoms with E-state index in [1.165, 1.54) is 11.1 Å². The molecule has 0 fully saturated rings. The molecule has 0 amide bonds. The molecule has 108 valence electrons. The summed E-state index contributed by atoms with van der Waals surface area (Å²) in [5, 5.41) is 3.19. The molecule has 0 atom stereocenters. The molecule has 0 bridgehead atoms. The predicted octanol–water partition coefficient (Wildman–Crippen LogP) is 2.36. The third kappa shape index (κ3) is 6.37. The van der Waals surface area contributed by atoms with Crippen molar-refractivity contribution in [1.29, 1.82) is 0 Å². The van der Waals surface area contributed by atoms with Crippen LogP contribution in [0.5, 0.6) is 0 Å². The van der Waals surface area contributed by atoms with Crippen LogP contribution in [-0.4, -0.2) is 35.8 Å². The summed E-state index contributed by atoms with van der Waals surface area (Å²) in [5.74, 6) is 0.442. The molecule has 0 saturated heterocycles. The number of anilines is 1. The van der Waals surface area contributed by atoms with Gasteiger partial charge in [0.05, 0.1) is 24.5 Å². The number of halogens is 3. The van der Waals surface area contributed by atoms with Crippen molar-refractivity contribution in [1.82, 2.24) is 15.3 Å². The highest BCUT2D eigenvalue weighted by Crippen LogP contribution is 2.20. The molecule has 0 aliphatic carbocycles. The fourth-order valence-electron chi connectivity index (χ4n) is 1.35. The van der Waals surface area contributed by atoms with Crippen molar-refractivity contribution in [3.8, 4) is 0 Å². The van der Waals surface area contributed by atoms with E-state index in [4.69, 9.17) is 0 Å². The number of hydrogen-bond donors (Lipinski definition) is 1. The van der Waals surface area contributed by atoms with E-state index in [0.717, 1.165) is 5.69 Å². The lowest BCUT2D eigenvalue weighted by Gasteiger charge is -2.18. The number of nitrogens with zero attached hydrogens (tertiary/aromatic N) is 3. The minimum Gasteiger partial charge on any atom is -0.358 e. The summed E-state index contributed by atoms with van der Waals surface area (Å²) >= 11 is 0. The number of nitrogens with one attached hydrogen (secondary N) is 1. The molecule has 0 saturated carbocycles. The van der Waals surface area contributed by atoms with Gasteiger partial charge in [0.15, 0.2) is 0 Å². The number of rotatable bonds is 6. The highest BCUT2D eigenvalue weighted by Gasteiger charge is 2.27. The summed E-state index contributed by atoms with van der Waals surface area (Å²) in [5.41, 5.74) is 0.765. The third-order valence-corrected chi connectivity index (χ3v) is 2.50. The van der Waals surface area contributed by atoms with Gasteiger partial charge in [-0.05, 0) is 0 Å². The summed E-state index contributed by atoms with van der Waals surface area (Å²) in [6, 6.07) is 0.343. The van der Waals surface area contributed by atoms with E-state index in [2.05, 4.69) is 15.3 Å². The van der Waals surface area contributed by atoms with E-state index in [-0.39, 0.29) is 6.54 Å². The fourth-order valence-corrected chi connectivity index (χ4v) is 1.35. The third-order valence-electron chi connectivity index (χ3n) is 2.50. The Morgan fingerprint density at radius 3 is 2.42 bits per heavy atom. The number of aromatic nitrogens is 2. The van der Waals surface area contributed by atoms with Crippen LogP contribution in [0.25, 0.3) is 0 Å². The first-order chi connectivity index (χ1) is 8.78. The van der Waals surface area contributed by atoms with Crippen molar-refractivity contribution in [3.05, 3.63) is 18.1 Å². The molecule has 1 rings (SSSR count). The maximum absolute atomic E-state index is 12.1. The zero-order chi connectivity index (χ0) is 14.5. The SMILES string of the molecule is CC(C)NCc1cnc(N(C)CCC(F)(F)F)cn1. The Balaban J connectivity index is 2.51. The Kier molecular flexibility index (Phi) is 5.53. The maximum atomic E-state index is 12.1. The van der Waals surface area contributed by atoms with E-state index in [0.29, 0.717) is 18.4 Å². The largest absolute Gasteiger partial charge is 0.390 e. The number of hydrogen-bond acceptors (Lipinski definition) is 4. The van der Waals surface area contributed by atoms with Crippen LogP contribution in [0.2, 0.25) is 0 Å². The standard InChI is InChI=1S/C12H19F3N4/c1-9(2)16-6-10-7-18-11(8-17-10)19(3)5-4-12(13,14)15/h7-9,16H,4-6H2,1-3H3. The minimum atomic E-state index is -4.15. The Bertz CT molecular complexity index is 376. The molecule has 19 heavy (non-hydrogen) atoms. The Hall–Kier alpha value is -1.37. The second-order valence-corrected chi connectivity index (χ2v) is 4.69. The Labute approximate surface area is 111 Å². The van der Waals surface area contributed by atoms with Crippen molar-refractivity contribution in [2.24, 2.45) is 0 Å². The molecular formula is C12H19F3N4. The quantitative estimate of drug-likeness (QED) is 0.866. The molecule has 4 nitrogen and oxygen atoms in total. The second kappa shape index (κ2) is 6.70. The average Bonchev–Trinajstić information content (AvgIpc) is 2.33. The minimum absolute atomic E-state index is 0.123. The van der Waals surface area contributed by atoms with Gasteiger partial charge in [0.25, 0.3) is 0 Å². The molecule has 1 heterocycles. The predicted molar refractivity (Wildman–Crippen MR) is 67.9 cm³/mol. The van der Waals surface area contributed by atoms with Crippen LogP contribution in [0.15, 0.2) is 12.4 Å². The first kappa shape index (κ1) is 15.7. The smallest absolute Gasteiger partial charge is 0.358 e. The van der Waals surface area contributed by atoms with Gasteiger partial charge in [0, 0.05) is 26.2 Å². The van der Waals surface area contributed by atoms with E-state index in [1.807, 2.05) is 13.8 Å². The first-order valence-electron chi connectivity index (χ1n) is 6.10. The van der Waals surface area contributed by atoms with Crippen LogP contribution in [0.3, 0.4) is 0 Å². The van der Waals surface area contributed by atoms with Gasteiger partial charge in [-0.1, -0.05) is 13.8 Å². The molecule has 1 aromatic heterocycles. The fraction of sp³-hybridized carbons (Fsp3) is 0.667. The summed E-state index contributed by atoms with van der Waals surface area (Å²) < 4.78 is 36.3. The first-order valence-corrected chi connectivity index (χ1v) is 6.10. The molecule has 0 spiro atoms. The summed E-state index contributed by atoms with van der Waals surface area (Å²) in [4.78, 5) is 9.73. The lowest BCUT2D eigenvalue weighted by molar-refractivity contribution is -0.132. The zero-order valence-electron chi connectivity index (χ0n) is 11.3. The Morgan fingerprint density at radius 1 is 1.26 bits per heavy atom. The lowest BCUT2D eigenvalue weighted by Crippen LogP contribution is -2.25. The van der Waals surface area contributed by atoms with E-state index >= 15 is 0 Å². The molecule has 0 aromatic carbocycles. The topological polar surface area (TPSA) is 41.1 Å². The van der Waals surface area contributed by atoms with E-state index in [1.54, 1.807) is 13.2 Å². The second-order valence-electron chi connectivity index (χ2n) is 4.69. The average molecular weight is 276 g/mol. The molecule has 0 radical (unpaired) electrons. The van der Waals surface area contributed by atoms with Crippen LogP contribution in [-0.2, 0) is 6.54 Å². The molecule has 7 heteroatoms. The van der Waals surface area contributed by atoms with Crippen molar-refractivity contribution in [3.63, 3.8) is 0 Å². The molecular weight excluding hydrogens is 257 g/mol. The normalized spacial score (nSPS) is 11.9. The summed E-state index contributed by atoms with van der Waals surface area (Å²) in [6.07, 6.45) is -1.94. The highest BCUT2D eigenvalue weighted by molar-refractivity contribution is 5.34. The van der Waals surface area contributed by atoms with Gasteiger partial charge < -0.3 is 10.2 Å². The molecule has 0 unspecified atom stereocenters. The van der Waals surface area contributed by atoms with E-state index < -0.39 is 12.6 Å². The molecule has 1 aromatic rings. The number of alkyl halides is 3.